The van der Waals surface area contributed by atoms with E-state index in [4.69, 9.17) is 0 Å². The predicted molar refractivity (Wildman–Crippen MR) is 72.2 cm³/mol. The normalized spacial score (nSPS) is 22.3. The number of carbonyl (C=O) groups is 1. The second kappa shape index (κ2) is 7.57. The van der Waals surface area contributed by atoms with Gasteiger partial charge in [-0.15, -0.1) is 0 Å². The smallest absolute Gasteiger partial charge is 0.317 e. The molecule has 0 aromatic rings. The maximum atomic E-state index is 12.1. The molecule has 0 aliphatic carbocycles. The van der Waals surface area contributed by atoms with Crippen LogP contribution in [0.15, 0.2) is 0 Å². The number of nitrogens with zero attached hydrogens (tertiary/aromatic N) is 1. The lowest BCUT2D eigenvalue weighted by Gasteiger charge is -2.34. The molecule has 0 bridgehead atoms. The SMILES string of the molecule is CCCCC[C@@H](C)NC(=O)N1CCCC[C@H]1C. The van der Waals surface area contributed by atoms with Crippen molar-refractivity contribution in [1.82, 2.24) is 10.2 Å². The minimum Gasteiger partial charge on any atom is -0.336 e. The molecule has 1 aliphatic rings. The molecule has 0 saturated carbocycles. The Bertz CT molecular complexity index is 230. The van der Waals surface area contributed by atoms with E-state index in [2.05, 4.69) is 26.1 Å². The van der Waals surface area contributed by atoms with Crippen LogP contribution < -0.4 is 5.32 Å². The summed E-state index contributed by atoms with van der Waals surface area (Å²) in [5.74, 6) is 0. The van der Waals surface area contributed by atoms with Crippen LogP contribution in [0.3, 0.4) is 0 Å². The fourth-order valence-electron chi connectivity index (χ4n) is 2.47. The molecule has 0 unspecified atom stereocenters. The summed E-state index contributed by atoms with van der Waals surface area (Å²) in [5.41, 5.74) is 0. The molecule has 0 radical (unpaired) electrons. The molecule has 2 atom stereocenters. The van der Waals surface area contributed by atoms with Gasteiger partial charge in [-0.2, -0.15) is 0 Å². The Morgan fingerprint density at radius 1 is 1.41 bits per heavy atom. The van der Waals surface area contributed by atoms with Crippen molar-refractivity contribution in [2.75, 3.05) is 6.54 Å². The Morgan fingerprint density at radius 2 is 2.18 bits per heavy atom. The Balaban J connectivity index is 2.27. The van der Waals surface area contributed by atoms with Crippen molar-refractivity contribution in [3.05, 3.63) is 0 Å². The first-order valence-electron chi connectivity index (χ1n) is 7.22. The second-order valence-electron chi connectivity index (χ2n) is 5.38. The van der Waals surface area contributed by atoms with Gasteiger partial charge in [-0.05, 0) is 39.5 Å². The van der Waals surface area contributed by atoms with Gasteiger partial charge in [0.25, 0.3) is 0 Å². The predicted octanol–water partition coefficient (Wildman–Crippen LogP) is 3.54. The van der Waals surface area contributed by atoms with Gasteiger partial charge in [0, 0.05) is 18.6 Å². The highest BCUT2D eigenvalue weighted by Crippen LogP contribution is 2.16. The number of nitrogens with one attached hydrogen (secondary N) is 1. The molecule has 1 fully saturated rings. The zero-order valence-electron chi connectivity index (χ0n) is 11.7. The average Bonchev–Trinajstić information content (AvgIpc) is 2.29. The van der Waals surface area contributed by atoms with Crippen molar-refractivity contribution < 1.29 is 4.79 Å². The number of urea groups is 1. The van der Waals surface area contributed by atoms with Crippen molar-refractivity contribution in [1.29, 1.82) is 0 Å². The molecular weight excluding hydrogens is 212 g/mol. The van der Waals surface area contributed by atoms with E-state index in [1.165, 1.54) is 25.7 Å². The van der Waals surface area contributed by atoms with E-state index in [0.717, 1.165) is 25.8 Å². The summed E-state index contributed by atoms with van der Waals surface area (Å²) in [5, 5.41) is 3.13. The van der Waals surface area contributed by atoms with Gasteiger partial charge in [0.1, 0.15) is 0 Å². The van der Waals surface area contributed by atoms with Crippen LogP contribution in [0.25, 0.3) is 0 Å². The molecule has 1 rings (SSSR count). The highest BCUT2D eigenvalue weighted by molar-refractivity contribution is 5.74. The van der Waals surface area contributed by atoms with Gasteiger partial charge in [-0.3, -0.25) is 0 Å². The Hall–Kier alpha value is -0.730. The van der Waals surface area contributed by atoms with Crippen LogP contribution in [-0.2, 0) is 0 Å². The van der Waals surface area contributed by atoms with Crippen LogP contribution in [0, 0.1) is 0 Å². The number of hydrogen-bond donors (Lipinski definition) is 1. The maximum Gasteiger partial charge on any atom is 0.317 e. The molecule has 0 aromatic heterocycles. The van der Waals surface area contributed by atoms with Gasteiger partial charge in [0.15, 0.2) is 0 Å². The van der Waals surface area contributed by atoms with Crippen LogP contribution in [-0.4, -0.2) is 29.6 Å². The van der Waals surface area contributed by atoms with E-state index < -0.39 is 0 Å². The molecule has 3 nitrogen and oxygen atoms in total. The number of carbonyl (C=O) groups excluding carboxylic acids is 1. The molecule has 3 heteroatoms. The average molecular weight is 240 g/mol. The van der Waals surface area contributed by atoms with Crippen molar-refractivity contribution >= 4 is 6.03 Å². The number of rotatable bonds is 5. The van der Waals surface area contributed by atoms with E-state index >= 15 is 0 Å². The van der Waals surface area contributed by atoms with E-state index in [9.17, 15) is 4.79 Å². The molecule has 0 spiro atoms. The topological polar surface area (TPSA) is 32.3 Å². The third kappa shape index (κ3) is 4.97. The van der Waals surface area contributed by atoms with Gasteiger partial charge >= 0.3 is 6.03 Å². The first-order chi connectivity index (χ1) is 8.15. The van der Waals surface area contributed by atoms with Crippen molar-refractivity contribution in [3.8, 4) is 0 Å². The van der Waals surface area contributed by atoms with Crippen molar-refractivity contribution in [2.45, 2.75) is 77.8 Å². The van der Waals surface area contributed by atoms with Crippen LogP contribution in [0.5, 0.6) is 0 Å². The summed E-state index contributed by atoms with van der Waals surface area (Å²) in [6.07, 6.45) is 8.38. The quantitative estimate of drug-likeness (QED) is 0.732. The molecule has 100 valence electrons. The van der Waals surface area contributed by atoms with E-state index in [1.54, 1.807) is 0 Å². The molecule has 1 heterocycles. The van der Waals surface area contributed by atoms with Gasteiger partial charge in [-0.1, -0.05) is 26.2 Å². The molecule has 17 heavy (non-hydrogen) atoms. The highest BCUT2D eigenvalue weighted by Gasteiger charge is 2.23. The Morgan fingerprint density at radius 3 is 2.82 bits per heavy atom. The molecule has 0 aromatic carbocycles. The summed E-state index contributed by atoms with van der Waals surface area (Å²) in [7, 11) is 0. The molecular formula is C14H28N2O. The van der Waals surface area contributed by atoms with E-state index in [1.807, 2.05) is 4.90 Å². The number of unbranched alkanes of at least 4 members (excludes halogenated alkanes) is 2. The second-order valence-corrected chi connectivity index (χ2v) is 5.38. The lowest BCUT2D eigenvalue weighted by atomic mass is 10.0. The maximum absolute atomic E-state index is 12.1. The Kier molecular flexibility index (Phi) is 6.38. The number of amides is 2. The van der Waals surface area contributed by atoms with Crippen LogP contribution in [0.2, 0.25) is 0 Å². The monoisotopic (exact) mass is 240 g/mol. The fraction of sp³-hybridized carbons (Fsp3) is 0.929. The standard InChI is InChI=1S/C14H28N2O/c1-4-5-6-9-12(2)15-14(17)16-11-8-7-10-13(16)3/h12-13H,4-11H2,1-3H3,(H,15,17)/t12-,13-/m1/s1. The number of piperidine rings is 1. The summed E-state index contributed by atoms with van der Waals surface area (Å²) in [4.78, 5) is 14.1. The van der Waals surface area contributed by atoms with Crippen LogP contribution in [0.1, 0.15) is 65.7 Å². The van der Waals surface area contributed by atoms with E-state index in [0.29, 0.717) is 12.1 Å². The van der Waals surface area contributed by atoms with Gasteiger partial charge in [0.2, 0.25) is 0 Å². The Labute approximate surface area is 106 Å². The first-order valence-corrected chi connectivity index (χ1v) is 7.22. The summed E-state index contributed by atoms with van der Waals surface area (Å²) in [6, 6.07) is 0.857. The lowest BCUT2D eigenvalue weighted by Crippen LogP contribution is -2.49. The molecule has 1 aliphatic heterocycles. The van der Waals surface area contributed by atoms with Gasteiger partial charge in [0.05, 0.1) is 0 Å². The molecule has 1 N–H and O–H groups in total. The third-order valence-electron chi connectivity index (χ3n) is 3.67. The largest absolute Gasteiger partial charge is 0.336 e. The number of hydrogen-bond acceptors (Lipinski definition) is 1. The summed E-state index contributed by atoms with van der Waals surface area (Å²) in [6.45, 7) is 7.40. The van der Waals surface area contributed by atoms with Gasteiger partial charge < -0.3 is 10.2 Å². The van der Waals surface area contributed by atoms with Crippen LogP contribution in [0.4, 0.5) is 4.79 Å². The third-order valence-corrected chi connectivity index (χ3v) is 3.67. The molecule has 2 amide bonds. The van der Waals surface area contributed by atoms with Crippen LogP contribution >= 0.6 is 0 Å². The zero-order valence-corrected chi connectivity index (χ0v) is 11.7. The van der Waals surface area contributed by atoms with Gasteiger partial charge in [-0.25, -0.2) is 4.79 Å². The zero-order chi connectivity index (χ0) is 12.7. The number of likely N-dealkylation sites (tertiary alicyclic amines) is 1. The van der Waals surface area contributed by atoms with E-state index in [-0.39, 0.29) is 6.03 Å². The fourth-order valence-corrected chi connectivity index (χ4v) is 2.47. The summed E-state index contributed by atoms with van der Waals surface area (Å²) < 4.78 is 0. The van der Waals surface area contributed by atoms with Crippen molar-refractivity contribution in [2.24, 2.45) is 0 Å². The molecule has 1 saturated heterocycles. The lowest BCUT2D eigenvalue weighted by molar-refractivity contribution is 0.155. The summed E-state index contributed by atoms with van der Waals surface area (Å²) >= 11 is 0. The first kappa shape index (κ1) is 14.3. The minimum atomic E-state index is 0.140. The highest BCUT2D eigenvalue weighted by atomic mass is 16.2. The van der Waals surface area contributed by atoms with Crippen molar-refractivity contribution in [3.63, 3.8) is 0 Å². The minimum absolute atomic E-state index is 0.140.